The normalized spacial score (nSPS) is 16.2. The Bertz CT molecular complexity index is 604. The van der Waals surface area contributed by atoms with Crippen LogP contribution in [0.5, 0.6) is 0 Å². The molecule has 0 bridgehead atoms. The van der Waals surface area contributed by atoms with Gasteiger partial charge in [-0.05, 0) is 31.2 Å². The molecular weight excluding hydrogens is 274 g/mol. The maximum Gasteiger partial charge on any atom is 0.105 e. The standard InChI is InChI=1S/C18H25N3O/c1-14-19-10-17(20(14)2)12-21(18(13-22)16-8-9-16)11-15-6-4-3-5-7-15/h3-7,10,16,18,22H,8-9,11-13H2,1-2H3. The molecular formula is C18H25N3O. The van der Waals surface area contributed by atoms with Crippen molar-refractivity contribution in [1.82, 2.24) is 14.5 Å². The van der Waals surface area contributed by atoms with E-state index in [9.17, 15) is 5.11 Å². The molecule has 1 atom stereocenters. The van der Waals surface area contributed by atoms with E-state index >= 15 is 0 Å². The van der Waals surface area contributed by atoms with E-state index < -0.39 is 0 Å². The Hall–Kier alpha value is -1.65. The fourth-order valence-electron chi connectivity index (χ4n) is 3.06. The Labute approximate surface area is 132 Å². The number of aromatic nitrogens is 2. The summed E-state index contributed by atoms with van der Waals surface area (Å²) < 4.78 is 2.14. The summed E-state index contributed by atoms with van der Waals surface area (Å²) in [7, 11) is 2.06. The van der Waals surface area contributed by atoms with Gasteiger partial charge >= 0.3 is 0 Å². The quantitative estimate of drug-likeness (QED) is 0.854. The SMILES string of the molecule is Cc1ncc(CN(Cc2ccccc2)C(CO)C2CC2)n1C. The van der Waals surface area contributed by atoms with Gasteiger partial charge in [0.2, 0.25) is 0 Å². The van der Waals surface area contributed by atoms with E-state index in [2.05, 4.69) is 45.8 Å². The highest BCUT2D eigenvalue weighted by atomic mass is 16.3. The van der Waals surface area contributed by atoms with Crippen molar-refractivity contribution in [2.24, 2.45) is 13.0 Å². The van der Waals surface area contributed by atoms with Crippen LogP contribution in [0, 0.1) is 12.8 Å². The van der Waals surface area contributed by atoms with Crippen LogP contribution in [0.25, 0.3) is 0 Å². The summed E-state index contributed by atoms with van der Waals surface area (Å²) >= 11 is 0. The molecule has 2 aromatic rings. The number of aryl methyl sites for hydroxylation is 1. The monoisotopic (exact) mass is 299 g/mol. The van der Waals surface area contributed by atoms with Gasteiger partial charge in [0.25, 0.3) is 0 Å². The number of hydrogen-bond donors (Lipinski definition) is 1. The maximum absolute atomic E-state index is 9.87. The highest BCUT2D eigenvalue weighted by molar-refractivity contribution is 5.15. The second-order valence-electron chi connectivity index (χ2n) is 6.33. The molecule has 0 radical (unpaired) electrons. The number of aliphatic hydroxyl groups excluding tert-OH is 1. The molecule has 3 rings (SSSR count). The lowest BCUT2D eigenvalue weighted by molar-refractivity contribution is 0.0926. The smallest absolute Gasteiger partial charge is 0.105 e. The third-order valence-corrected chi connectivity index (χ3v) is 4.73. The van der Waals surface area contributed by atoms with Crippen LogP contribution in [0.15, 0.2) is 36.5 Å². The van der Waals surface area contributed by atoms with Gasteiger partial charge in [0, 0.05) is 32.4 Å². The number of nitrogens with zero attached hydrogens (tertiary/aromatic N) is 3. The summed E-state index contributed by atoms with van der Waals surface area (Å²) in [6.07, 6.45) is 4.43. The number of imidazole rings is 1. The van der Waals surface area contributed by atoms with Gasteiger partial charge < -0.3 is 9.67 Å². The highest BCUT2D eigenvalue weighted by Gasteiger charge is 2.35. The summed E-state index contributed by atoms with van der Waals surface area (Å²) in [6, 6.07) is 10.8. The van der Waals surface area contributed by atoms with Gasteiger partial charge in [-0.2, -0.15) is 0 Å². The Balaban J connectivity index is 1.80. The van der Waals surface area contributed by atoms with Crippen LogP contribution in [-0.4, -0.2) is 32.2 Å². The number of benzene rings is 1. The third-order valence-electron chi connectivity index (χ3n) is 4.73. The predicted molar refractivity (Wildman–Crippen MR) is 87.2 cm³/mol. The first-order chi connectivity index (χ1) is 10.7. The van der Waals surface area contributed by atoms with Gasteiger partial charge in [0.15, 0.2) is 0 Å². The number of rotatable bonds is 7. The summed E-state index contributed by atoms with van der Waals surface area (Å²) in [5.41, 5.74) is 2.49. The molecule has 1 heterocycles. The molecule has 0 aliphatic heterocycles. The van der Waals surface area contributed by atoms with Crippen molar-refractivity contribution in [3.63, 3.8) is 0 Å². The highest BCUT2D eigenvalue weighted by Crippen LogP contribution is 2.36. The first-order valence-corrected chi connectivity index (χ1v) is 8.05. The predicted octanol–water partition coefficient (Wildman–Crippen LogP) is 2.50. The second kappa shape index (κ2) is 6.63. The van der Waals surface area contributed by atoms with Crippen molar-refractivity contribution < 1.29 is 5.11 Å². The molecule has 1 aromatic heterocycles. The molecule has 118 valence electrons. The summed E-state index contributed by atoms with van der Waals surface area (Å²) in [6.45, 7) is 3.95. The molecule has 0 saturated heterocycles. The number of hydrogen-bond acceptors (Lipinski definition) is 3. The minimum atomic E-state index is 0.230. The van der Waals surface area contributed by atoms with Crippen LogP contribution < -0.4 is 0 Å². The topological polar surface area (TPSA) is 41.3 Å². The molecule has 1 saturated carbocycles. The molecule has 4 heteroatoms. The Kier molecular flexibility index (Phi) is 4.60. The molecule has 1 N–H and O–H groups in total. The minimum absolute atomic E-state index is 0.230. The molecule has 1 fully saturated rings. The first-order valence-electron chi connectivity index (χ1n) is 8.05. The van der Waals surface area contributed by atoms with E-state index in [1.165, 1.54) is 24.1 Å². The van der Waals surface area contributed by atoms with Crippen LogP contribution >= 0.6 is 0 Å². The van der Waals surface area contributed by atoms with E-state index in [0.29, 0.717) is 5.92 Å². The first kappa shape index (κ1) is 15.3. The molecule has 1 aromatic carbocycles. The van der Waals surface area contributed by atoms with Crippen LogP contribution in [0.4, 0.5) is 0 Å². The van der Waals surface area contributed by atoms with E-state index in [1.807, 2.05) is 19.2 Å². The Morgan fingerprint density at radius 1 is 1.27 bits per heavy atom. The lowest BCUT2D eigenvalue weighted by Crippen LogP contribution is -2.39. The van der Waals surface area contributed by atoms with Gasteiger partial charge in [-0.15, -0.1) is 0 Å². The number of aliphatic hydroxyl groups is 1. The zero-order chi connectivity index (χ0) is 15.5. The Morgan fingerprint density at radius 2 is 2.00 bits per heavy atom. The van der Waals surface area contributed by atoms with Gasteiger partial charge in [0.05, 0.1) is 12.3 Å². The van der Waals surface area contributed by atoms with Crippen molar-refractivity contribution in [2.75, 3.05) is 6.61 Å². The lowest BCUT2D eigenvalue weighted by Gasteiger charge is -2.31. The fourth-order valence-corrected chi connectivity index (χ4v) is 3.06. The van der Waals surface area contributed by atoms with Crippen molar-refractivity contribution in [1.29, 1.82) is 0 Å². The molecule has 1 aliphatic carbocycles. The largest absolute Gasteiger partial charge is 0.395 e. The van der Waals surface area contributed by atoms with Gasteiger partial charge in [-0.25, -0.2) is 4.98 Å². The maximum atomic E-state index is 9.87. The minimum Gasteiger partial charge on any atom is -0.395 e. The van der Waals surface area contributed by atoms with Gasteiger partial charge in [-0.3, -0.25) is 4.90 Å². The molecule has 1 unspecified atom stereocenters. The van der Waals surface area contributed by atoms with E-state index in [4.69, 9.17) is 0 Å². The lowest BCUT2D eigenvalue weighted by atomic mass is 10.1. The van der Waals surface area contributed by atoms with Crippen molar-refractivity contribution >= 4 is 0 Å². The van der Waals surface area contributed by atoms with Crippen molar-refractivity contribution in [3.05, 3.63) is 53.6 Å². The third kappa shape index (κ3) is 3.39. The van der Waals surface area contributed by atoms with Crippen molar-refractivity contribution in [2.45, 2.75) is 38.9 Å². The molecule has 1 aliphatic rings. The molecule has 22 heavy (non-hydrogen) atoms. The summed E-state index contributed by atoms with van der Waals surface area (Å²) in [5, 5.41) is 9.87. The summed E-state index contributed by atoms with van der Waals surface area (Å²) in [5.74, 6) is 1.67. The molecule has 0 amide bonds. The average molecular weight is 299 g/mol. The second-order valence-corrected chi connectivity index (χ2v) is 6.33. The van der Waals surface area contributed by atoms with Crippen LogP contribution in [-0.2, 0) is 20.1 Å². The average Bonchev–Trinajstić information content (AvgIpc) is 3.31. The van der Waals surface area contributed by atoms with Gasteiger partial charge in [-0.1, -0.05) is 30.3 Å². The zero-order valence-corrected chi connectivity index (χ0v) is 13.4. The zero-order valence-electron chi connectivity index (χ0n) is 13.4. The van der Waals surface area contributed by atoms with Crippen LogP contribution in [0.3, 0.4) is 0 Å². The van der Waals surface area contributed by atoms with E-state index in [-0.39, 0.29) is 12.6 Å². The van der Waals surface area contributed by atoms with Crippen molar-refractivity contribution in [3.8, 4) is 0 Å². The van der Waals surface area contributed by atoms with Crippen LogP contribution in [0.1, 0.15) is 29.9 Å². The molecule has 4 nitrogen and oxygen atoms in total. The fraction of sp³-hybridized carbons (Fsp3) is 0.500. The summed E-state index contributed by atoms with van der Waals surface area (Å²) in [4.78, 5) is 6.80. The van der Waals surface area contributed by atoms with E-state index in [1.54, 1.807) is 0 Å². The Morgan fingerprint density at radius 3 is 2.55 bits per heavy atom. The van der Waals surface area contributed by atoms with E-state index in [0.717, 1.165) is 18.9 Å². The van der Waals surface area contributed by atoms with Gasteiger partial charge in [0.1, 0.15) is 5.82 Å². The molecule has 0 spiro atoms. The van der Waals surface area contributed by atoms with Crippen LogP contribution in [0.2, 0.25) is 0 Å².